The van der Waals surface area contributed by atoms with Gasteiger partial charge in [-0.05, 0) is 79.9 Å². The number of hydrogen-bond donors (Lipinski definition) is 0. The molecule has 0 aliphatic heterocycles. The highest BCUT2D eigenvalue weighted by Crippen LogP contribution is 2.53. The Kier molecular flexibility index (Phi) is 6.41. The summed E-state index contributed by atoms with van der Waals surface area (Å²) < 4.78 is 33.5. The van der Waals surface area contributed by atoms with Gasteiger partial charge in [0.15, 0.2) is 11.6 Å². The van der Waals surface area contributed by atoms with Crippen molar-refractivity contribution in [2.24, 2.45) is 23.7 Å². The topological polar surface area (TPSA) is 9.23 Å². The molecule has 0 amide bonds. The second kappa shape index (κ2) is 9.02. The number of fused-ring (bicyclic) bond motifs is 1. The van der Waals surface area contributed by atoms with E-state index in [1.165, 1.54) is 58.1 Å². The van der Waals surface area contributed by atoms with Crippen molar-refractivity contribution in [2.45, 2.75) is 71.1 Å². The van der Waals surface area contributed by atoms with Gasteiger partial charge in [-0.2, -0.15) is 4.39 Å². The second-order valence-electron chi connectivity index (χ2n) is 9.19. The molecule has 0 saturated heterocycles. The fourth-order valence-corrected chi connectivity index (χ4v) is 6.15. The summed E-state index contributed by atoms with van der Waals surface area (Å²) in [5, 5.41) is 0. The Labute approximate surface area is 174 Å². The highest BCUT2D eigenvalue weighted by molar-refractivity contribution is 5.67. The first kappa shape index (κ1) is 20.6. The van der Waals surface area contributed by atoms with E-state index in [-0.39, 0.29) is 5.75 Å². The van der Waals surface area contributed by atoms with Crippen molar-refractivity contribution >= 4 is 5.57 Å². The van der Waals surface area contributed by atoms with Gasteiger partial charge in [0.1, 0.15) is 0 Å². The lowest BCUT2D eigenvalue weighted by atomic mass is 9.77. The van der Waals surface area contributed by atoms with Crippen LogP contribution in [0.2, 0.25) is 0 Å². The monoisotopic (exact) mass is 400 g/mol. The molecule has 1 fully saturated rings. The van der Waals surface area contributed by atoms with E-state index in [1.807, 2.05) is 0 Å². The molecule has 1 aromatic rings. The standard InChI is InChI=1S/C26H34F2O/c1-3-4-5-6-17-11-12-23-20(17)13-14-21(23)18-7-9-19(10-8-18)22-15-16-24(29-2)26(28)25(22)27/h9,14-18,20,23H,3-8,10-13H2,1-2H3. The Morgan fingerprint density at radius 2 is 1.86 bits per heavy atom. The summed E-state index contributed by atoms with van der Waals surface area (Å²) in [6.45, 7) is 2.28. The van der Waals surface area contributed by atoms with Gasteiger partial charge in [-0.3, -0.25) is 0 Å². The third-order valence-corrected chi connectivity index (χ3v) is 7.70. The van der Waals surface area contributed by atoms with E-state index < -0.39 is 11.6 Å². The average Bonchev–Trinajstić information content (AvgIpc) is 3.33. The van der Waals surface area contributed by atoms with Crippen molar-refractivity contribution in [3.05, 3.63) is 47.1 Å². The minimum absolute atomic E-state index is 0.0302. The number of ether oxygens (including phenoxy) is 1. The molecule has 0 heterocycles. The zero-order valence-corrected chi connectivity index (χ0v) is 17.9. The molecule has 3 aliphatic carbocycles. The molecule has 1 saturated carbocycles. The van der Waals surface area contributed by atoms with Crippen LogP contribution in [0.25, 0.3) is 5.57 Å². The Morgan fingerprint density at radius 1 is 1.00 bits per heavy atom. The summed E-state index contributed by atoms with van der Waals surface area (Å²) in [7, 11) is 1.36. The van der Waals surface area contributed by atoms with Crippen LogP contribution in [0.4, 0.5) is 8.78 Å². The molecule has 3 heteroatoms. The first-order valence-electron chi connectivity index (χ1n) is 11.5. The minimum atomic E-state index is -0.880. The molecule has 0 radical (unpaired) electrons. The normalized spacial score (nSPS) is 28.8. The predicted octanol–water partition coefficient (Wildman–Crippen LogP) is 7.71. The number of methoxy groups -OCH3 is 1. The first-order chi connectivity index (χ1) is 14.1. The molecule has 4 atom stereocenters. The van der Waals surface area contributed by atoms with Crippen LogP contribution in [0.3, 0.4) is 0 Å². The molecule has 3 aliphatic rings. The number of unbranched alkanes of at least 4 members (excludes halogenated alkanes) is 2. The smallest absolute Gasteiger partial charge is 0.201 e. The van der Waals surface area contributed by atoms with Crippen molar-refractivity contribution in [3.63, 3.8) is 0 Å². The molecule has 29 heavy (non-hydrogen) atoms. The number of allylic oxidation sites excluding steroid dienone is 4. The summed E-state index contributed by atoms with van der Waals surface area (Å²) >= 11 is 0. The molecular weight excluding hydrogens is 366 g/mol. The zero-order chi connectivity index (χ0) is 20.4. The maximum Gasteiger partial charge on any atom is 0.201 e. The van der Waals surface area contributed by atoms with Gasteiger partial charge in [-0.25, -0.2) is 4.39 Å². The van der Waals surface area contributed by atoms with Crippen LogP contribution < -0.4 is 4.74 Å². The minimum Gasteiger partial charge on any atom is -0.494 e. The van der Waals surface area contributed by atoms with Gasteiger partial charge < -0.3 is 4.74 Å². The van der Waals surface area contributed by atoms with E-state index >= 15 is 0 Å². The number of hydrogen-bond acceptors (Lipinski definition) is 1. The maximum atomic E-state index is 14.5. The van der Waals surface area contributed by atoms with Crippen LogP contribution in [0.15, 0.2) is 29.9 Å². The van der Waals surface area contributed by atoms with Gasteiger partial charge >= 0.3 is 0 Å². The first-order valence-corrected chi connectivity index (χ1v) is 11.5. The molecule has 0 bridgehead atoms. The van der Waals surface area contributed by atoms with E-state index in [0.29, 0.717) is 11.5 Å². The van der Waals surface area contributed by atoms with Crippen LogP contribution in [0.1, 0.15) is 76.7 Å². The van der Waals surface area contributed by atoms with Crippen LogP contribution in [-0.2, 0) is 0 Å². The number of halogens is 2. The average molecular weight is 401 g/mol. The fourth-order valence-electron chi connectivity index (χ4n) is 6.15. The van der Waals surface area contributed by atoms with E-state index in [0.717, 1.165) is 42.6 Å². The summed E-state index contributed by atoms with van der Waals surface area (Å²) in [6, 6.07) is 3.19. The van der Waals surface area contributed by atoms with Gasteiger partial charge in [-0.15, -0.1) is 0 Å². The Hall–Kier alpha value is -1.64. The van der Waals surface area contributed by atoms with E-state index in [2.05, 4.69) is 19.1 Å². The second-order valence-corrected chi connectivity index (χ2v) is 9.19. The highest BCUT2D eigenvalue weighted by atomic mass is 19.2. The van der Waals surface area contributed by atoms with Crippen LogP contribution >= 0.6 is 0 Å². The summed E-state index contributed by atoms with van der Waals surface area (Å²) in [5.41, 5.74) is 3.03. The lowest BCUT2D eigenvalue weighted by Gasteiger charge is -2.28. The van der Waals surface area contributed by atoms with Crippen molar-refractivity contribution in [2.75, 3.05) is 7.11 Å². The summed E-state index contributed by atoms with van der Waals surface area (Å²) in [4.78, 5) is 0. The maximum absolute atomic E-state index is 14.5. The fraction of sp³-hybridized carbons (Fsp3) is 0.615. The number of benzene rings is 1. The molecule has 0 spiro atoms. The van der Waals surface area contributed by atoms with Crippen molar-refractivity contribution in [1.29, 1.82) is 0 Å². The van der Waals surface area contributed by atoms with Crippen LogP contribution in [0, 0.1) is 35.3 Å². The SMILES string of the molecule is CCCCCC1CCC2C(C3CC=C(c4ccc(OC)c(F)c4F)CC3)=CCC12. The highest BCUT2D eigenvalue weighted by Gasteiger charge is 2.42. The van der Waals surface area contributed by atoms with E-state index in [1.54, 1.807) is 11.6 Å². The molecule has 0 N–H and O–H groups in total. The molecule has 4 rings (SSSR count). The molecular formula is C26H34F2O. The van der Waals surface area contributed by atoms with Gasteiger partial charge in [-0.1, -0.05) is 50.3 Å². The molecule has 4 unspecified atom stereocenters. The quantitative estimate of drug-likeness (QED) is 0.336. The lowest BCUT2D eigenvalue weighted by molar-refractivity contribution is 0.323. The molecule has 1 aromatic carbocycles. The molecule has 158 valence electrons. The van der Waals surface area contributed by atoms with Gasteiger partial charge in [0.05, 0.1) is 7.11 Å². The predicted molar refractivity (Wildman–Crippen MR) is 115 cm³/mol. The van der Waals surface area contributed by atoms with Crippen LogP contribution in [-0.4, -0.2) is 7.11 Å². The van der Waals surface area contributed by atoms with Crippen molar-refractivity contribution in [1.82, 2.24) is 0 Å². The third-order valence-electron chi connectivity index (χ3n) is 7.70. The van der Waals surface area contributed by atoms with Gasteiger partial charge in [0.2, 0.25) is 5.82 Å². The molecule has 1 nitrogen and oxygen atoms in total. The Morgan fingerprint density at radius 3 is 2.59 bits per heavy atom. The third kappa shape index (κ3) is 4.02. The summed E-state index contributed by atoms with van der Waals surface area (Å²) in [6.07, 6.45) is 17.0. The van der Waals surface area contributed by atoms with E-state index in [9.17, 15) is 8.78 Å². The van der Waals surface area contributed by atoms with Crippen molar-refractivity contribution < 1.29 is 13.5 Å². The van der Waals surface area contributed by atoms with Gasteiger partial charge in [0, 0.05) is 5.56 Å². The van der Waals surface area contributed by atoms with Crippen LogP contribution in [0.5, 0.6) is 5.75 Å². The zero-order valence-electron chi connectivity index (χ0n) is 17.9. The number of rotatable bonds is 7. The van der Waals surface area contributed by atoms with Crippen molar-refractivity contribution in [3.8, 4) is 5.75 Å². The summed E-state index contributed by atoms with van der Waals surface area (Å²) in [5.74, 6) is 1.49. The Bertz CT molecular complexity index is 794. The largest absolute Gasteiger partial charge is 0.494 e. The molecule has 0 aromatic heterocycles. The lowest BCUT2D eigenvalue weighted by Crippen LogP contribution is -2.17. The van der Waals surface area contributed by atoms with Gasteiger partial charge in [0.25, 0.3) is 0 Å². The van der Waals surface area contributed by atoms with E-state index in [4.69, 9.17) is 4.74 Å². The Balaban J connectivity index is 1.40.